The number of aromatic nitrogens is 2. The number of hydrogen-bond acceptors (Lipinski definition) is 2. The van der Waals surface area contributed by atoms with Gasteiger partial charge in [-0.25, -0.2) is 9.13 Å². The first-order valence-corrected chi connectivity index (χ1v) is 7.53. The van der Waals surface area contributed by atoms with Crippen LogP contribution >= 0.6 is 0 Å². The number of benzene rings is 1. The van der Waals surface area contributed by atoms with Gasteiger partial charge in [0.2, 0.25) is 0 Å². The maximum atomic E-state index is 10.8. The van der Waals surface area contributed by atoms with Crippen molar-refractivity contribution in [3.05, 3.63) is 53.6 Å². The number of aromatic carboxylic acids is 1. The normalized spacial score (nSPS) is 10.8. The summed E-state index contributed by atoms with van der Waals surface area (Å²) < 4.78 is 4.55. The highest BCUT2D eigenvalue weighted by Gasteiger charge is 2.15. The molecule has 4 heteroatoms. The third-order valence-electron chi connectivity index (χ3n) is 3.57. The van der Waals surface area contributed by atoms with Gasteiger partial charge in [-0.15, -0.1) is 0 Å². The molecule has 2 aromatic rings. The molecule has 0 atom stereocenters. The van der Waals surface area contributed by atoms with Crippen LogP contribution in [0.25, 0.3) is 0 Å². The van der Waals surface area contributed by atoms with Crippen LogP contribution in [0.1, 0.15) is 48.4 Å². The van der Waals surface area contributed by atoms with Gasteiger partial charge in [0.15, 0.2) is 0 Å². The van der Waals surface area contributed by atoms with Gasteiger partial charge in [-0.2, -0.15) is 0 Å². The van der Waals surface area contributed by atoms with Gasteiger partial charge in [0, 0.05) is 6.42 Å². The SMILES string of the molecule is CCCc1n(CCC)cc[n+]1Cc1ccc(C(=O)[O-])cc1. The summed E-state index contributed by atoms with van der Waals surface area (Å²) in [6, 6.07) is 6.91. The van der Waals surface area contributed by atoms with Crippen LogP contribution < -0.4 is 9.67 Å². The second kappa shape index (κ2) is 7.07. The molecule has 0 N–H and O–H groups in total. The van der Waals surface area contributed by atoms with Gasteiger partial charge in [0.1, 0.15) is 18.9 Å². The van der Waals surface area contributed by atoms with E-state index in [4.69, 9.17) is 0 Å². The number of imidazole rings is 1. The summed E-state index contributed by atoms with van der Waals surface area (Å²) in [5.74, 6) is 0.193. The third-order valence-corrected chi connectivity index (χ3v) is 3.57. The molecule has 112 valence electrons. The fourth-order valence-corrected chi connectivity index (χ4v) is 2.54. The van der Waals surface area contributed by atoms with Crippen molar-refractivity contribution in [3.63, 3.8) is 0 Å². The maximum Gasteiger partial charge on any atom is 0.256 e. The monoisotopic (exact) mass is 286 g/mol. The van der Waals surface area contributed by atoms with Crippen LogP contribution in [0.15, 0.2) is 36.7 Å². The third kappa shape index (κ3) is 3.72. The number of hydrogen-bond donors (Lipinski definition) is 0. The molecular formula is C17H22N2O2. The summed E-state index contributed by atoms with van der Waals surface area (Å²) in [5, 5.41) is 10.8. The van der Waals surface area contributed by atoms with Gasteiger partial charge >= 0.3 is 0 Å². The van der Waals surface area contributed by atoms with Crippen LogP contribution in [0.2, 0.25) is 0 Å². The standard InChI is InChI=1S/C17H22N2O2/c1-3-5-16-18(10-4-2)11-12-19(16)13-14-6-8-15(9-7-14)17(20)21/h6-9,11-12H,3-5,10,13H2,1-2H3. The van der Waals surface area contributed by atoms with Crippen molar-refractivity contribution in [3.8, 4) is 0 Å². The predicted molar refractivity (Wildman–Crippen MR) is 78.8 cm³/mol. The Bertz CT molecular complexity index is 600. The molecule has 0 fully saturated rings. The number of rotatable bonds is 7. The summed E-state index contributed by atoms with van der Waals surface area (Å²) in [6.45, 7) is 6.16. The van der Waals surface area contributed by atoms with E-state index in [0.29, 0.717) is 0 Å². The predicted octanol–water partition coefficient (Wildman–Crippen LogP) is 1.55. The Morgan fingerprint density at radius 3 is 2.48 bits per heavy atom. The molecule has 1 aromatic carbocycles. The molecule has 0 aliphatic heterocycles. The molecule has 21 heavy (non-hydrogen) atoms. The molecule has 2 rings (SSSR count). The average molecular weight is 286 g/mol. The van der Waals surface area contributed by atoms with E-state index in [0.717, 1.165) is 37.9 Å². The van der Waals surface area contributed by atoms with Crippen LogP contribution in [0.5, 0.6) is 0 Å². The van der Waals surface area contributed by atoms with Crippen molar-refractivity contribution in [2.24, 2.45) is 0 Å². The van der Waals surface area contributed by atoms with E-state index in [-0.39, 0.29) is 5.56 Å². The Hall–Kier alpha value is -2.10. The minimum absolute atomic E-state index is 0.223. The number of carbonyl (C=O) groups is 1. The fraction of sp³-hybridized carbons (Fsp3) is 0.412. The average Bonchev–Trinajstić information content (AvgIpc) is 2.83. The molecule has 0 bridgehead atoms. The molecule has 0 unspecified atom stereocenters. The molecule has 0 spiro atoms. The first-order chi connectivity index (χ1) is 10.2. The highest BCUT2D eigenvalue weighted by molar-refractivity contribution is 5.85. The molecular weight excluding hydrogens is 264 g/mol. The zero-order valence-corrected chi connectivity index (χ0v) is 12.7. The summed E-state index contributed by atoms with van der Waals surface area (Å²) in [5.41, 5.74) is 1.32. The van der Waals surface area contributed by atoms with Crippen molar-refractivity contribution < 1.29 is 14.5 Å². The smallest absolute Gasteiger partial charge is 0.256 e. The molecule has 4 nitrogen and oxygen atoms in total. The number of carboxylic acids is 1. The topological polar surface area (TPSA) is 48.9 Å². The number of nitrogens with zero attached hydrogens (tertiary/aromatic N) is 2. The van der Waals surface area contributed by atoms with Crippen LogP contribution in [-0.2, 0) is 19.5 Å². The minimum atomic E-state index is -1.13. The van der Waals surface area contributed by atoms with E-state index in [2.05, 4.69) is 35.4 Å². The van der Waals surface area contributed by atoms with E-state index >= 15 is 0 Å². The minimum Gasteiger partial charge on any atom is -0.545 e. The molecule has 1 heterocycles. The quantitative estimate of drug-likeness (QED) is 0.725. The molecule has 0 radical (unpaired) electrons. The van der Waals surface area contributed by atoms with E-state index in [9.17, 15) is 9.90 Å². The van der Waals surface area contributed by atoms with E-state index < -0.39 is 5.97 Å². The Kier molecular flexibility index (Phi) is 5.14. The lowest BCUT2D eigenvalue weighted by Gasteiger charge is -2.06. The van der Waals surface area contributed by atoms with Crippen LogP contribution in [0, 0.1) is 0 Å². The first-order valence-electron chi connectivity index (χ1n) is 7.53. The second-order valence-corrected chi connectivity index (χ2v) is 5.27. The van der Waals surface area contributed by atoms with Crippen molar-refractivity contribution >= 4 is 5.97 Å². The van der Waals surface area contributed by atoms with Gasteiger partial charge in [0.25, 0.3) is 5.82 Å². The summed E-state index contributed by atoms with van der Waals surface area (Å²) in [4.78, 5) is 10.8. The van der Waals surface area contributed by atoms with E-state index in [1.54, 1.807) is 12.1 Å². The van der Waals surface area contributed by atoms with Crippen molar-refractivity contribution in [2.45, 2.75) is 46.2 Å². The highest BCUT2D eigenvalue weighted by atomic mass is 16.4. The van der Waals surface area contributed by atoms with E-state index in [1.807, 2.05) is 12.1 Å². The highest BCUT2D eigenvalue weighted by Crippen LogP contribution is 2.06. The van der Waals surface area contributed by atoms with Gasteiger partial charge < -0.3 is 9.90 Å². The molecule has 0 aliphatic carbocycles. The molecule has 0 amide bonds. The van der Waals surface area contributed by atoms with Gasteiger partial charge in [-0.3, -0.25) is 0 Å². The van der Waals surface area contributed by atoms with Crippen molar-refractivity contribution in [1.82, 2.24) is 4.57 Å². The van der Waals surface area contributed by atoms with E-state index in [1.165, 1.54) is 5.82 Å². The molecule has 1 aromatic heterocycles. The zero-order valence-electron chi connectivity index (χ0n) is 12.7. The summed E-state index contributed by atoms with van der Waals surface area (Å²) >= 11 is 0. The first kappa shape index (κ1) is 15.3. The largest absolute Gasteiger partial charge is 0.545 e. The lowest BCUT2D eigenvalue weighted by molar-refractivity contribution is -0.695. The molecule has 0 saturated carbocycles. The second-order valence-electron chi connectivity index (χ2n) is 5.27. The number of carboxylic acid groups (broad SMARTS) is 1. The lowest BCUT2D eigenvalue weighted by Crippen LogP contribution is -2.37. The summed E-state index contributed by atoms with van der Waals surface area (Å²) in [7, 11) is 0. The Labute approximate surface area is 125 Å². The maximum absolute atomic E-state index is 10.8. The fourth-order valence-electron chi connectivity index (χ4n) is 2.54. The van der Waals surface area contributed by atoms with Gasteiger partial charge in [0.05, 0.1) is 12.5 Å². The summed E-state index contributed by atoms with van der Waals surface area (Å²) in [6.07, 6.45) is 7.50. The Morgan fingerprint density at radius 1 is 1.19 bits per heavy atom. The molecule has 0 saturated heterocycles. The zero-order chi connectivity index (χ0) is 15.2. The van der Waals surface area contributed by atoms with Crippen LogP contribution in [-0.4, -0.2) is 10.5 Å². The van der Waals surface area contributed by atoms with Crippen molar-refractivity contribution in [1.29, 1.82) is 0 Å². The molecule has 0 aliphatic rings. The Morgan fingerprint density at radius 2 is 1.90 bits per heavy atom. The van der Waals surface area contributed by atoms with Gasteiger partial charge in [-0.1, -0.05) is 38.1 Å². The number of carbonyl (C=O) groups excluding carboxylic acids is 1. The lowest BCUT2D eigenvalue weighted by atomic mass is 10.1. The van der Waals surface area contributed by atoms with Crippen LogP contribution in [0.3, 0.4) is 0 Å². The van der Waals surface area contributed by atoms with Crippen LogP contribution in [0.4, 0.5) is 0 Å². The van der Waals surface area contributed by atoms with Crippen molar-refractivity contribution in [2.75, 3.05) is 0 Å². The number of aryl methyl sites for hydroxylation is 1. The Balaban J connectivity index is 2.20. The van der Waals surface area contributed by atoms with Gasteiger partial charge in [-0.05, 0) is 24.0 Å².